The molecule has 1 aromatic carbocycles. The van der Waals surface area contributed by atoms with Crippen molar-refractivity contribution in [3.8, 4) is 0 Å². The lowest BCUT2D eigenvalue weighted by atomic mass is 10.4. The van der Waals surface area contributed by atoms with E-state index >= 15 is 0 Å². The molecule has 0 aromatic heterocycles. The molecule has 4 nitrogen and oxygen atoms in total. The Balaban J connectivity index is 2.49. The van der Waals surface area contributed by atoms with Crippen LogP contribution in [-0.2, 0) is 14.8 Å². The van der Waals surface area contributed by atoms with E-state index in [9.17, 15) is 17.2 Å². The number of rotatable bonds is 7. The van der Waals surface area contributed by atoms with E-state index in [0.29, 0.717) is 4.47 Å². The largest absolute Gasteiger partial charge is 0.374 e. The van der Waals surface area contributed by atoms with Gasteiger partial charge >= 0.3 is 0 Å². The number of sulfonamides is 1. The van der Waals surface area contributed by atoms with Crippen molar-refractivity contribution in [2.45, 2.75) is 11.3 Å². The molecule has 1 N–H and O–H groups in total. The topological polar surface area (TPSA) is 55.4 Å². The van der Waals surface area contributed by atoms with E-state index < -0.39 is 23.1 Å². The molecule has 0 saturated carbocycles. The predicted molar refractivity (Wildman–Crippen MR) is 66.2 cm³/mol. The average molecular weight is 344 g/mol. The quantitative estimate of drug-likeness (QED) is 0.770. The fraction of sp³-hybridized carbons (Fsp3) is 0.400. The van der Waals surface area contributed by atoms with Crippen LogP contribution >= 0.6 is 15.9 Å². The Labute approximate surface area is 113 Å². The van der Waals surface area contributed by atoms with E-state index in [4.69, 9.17) is 0 Å². The van der Waals surface area contributed by atoms with Crippen LogP contribution in [0.4, 0.5) is 8.78 Å². The molecule has 0 atom stereocenters. The number of alkyl halides is 2. The van der Waals surface area contributed by atoms with Crippen LogP contribution in [0, 0.1) is 0 Å². The Morgan fingerprint density at radius 1 is 1.33 bits per heavy atom. The van der Waals surface area contributed by atoms with Crippen LogP contribution in [0.3, 0.4) is 0 Å². The van der Waals surface area contributed by atoms with Gasteiger partial charge < -0.3 is 4.74 Å². The zero-order valence-electron chi connectivity index (χ0n) is 9.27. The summed E-state index contributed by atoms with van der Waals surface area (Å²) in [6.07, 6.45) is -2.55. The molecule has 0 saturated heterocycles. The predicted octanol–water partition coefficient (Wildman–Crippen LogP) is 2.01. The molecule has 1 aromatic rings. The smallest absolute Gasteiger partial charge is 0.261 e. The van der Waals surface area contributed by atoms with Gasteiger partial charge in [-0.05, 0) is 28.1 Å². The van der Waals surface area contributed by atoms with Gasteiger partial charge in [0, 0.05) is 11.0 Å². The maximum Gasteiger partial charge on any atom is 0.261 e. The number of hydrogen-bond donors (Lipinski definition) is 1. The summed E-state index contributed by atoms with van der Waals surface area (Å²) in [5, 5.41) is 0. The zero-order chi connectivity index (χ0) is 13.6. The Hall–Kier alpha value is -0.570. The van der Waals surface area contributed by atoms with E-state index in [1.54, 1.807) is 18.2 Å². The van der Waals surface area contributed by atoms with E-state index in [-0.39, 0.29) is 18.0 Å². The van der Waals surface area contributed by atoms with Crippen LogP contribution in [-0.4, -0.2) is 34.6 Å². The van der Waals surface area contributed by atoms with Gasteiger partial charge in [-0.25, -0.2) is 21.9 Å². The third-order valence-electron chi connectivity index (χ3n) is 1.91. The van der Waals surface area contributed by atoms with Crippen molar-refractivity contribution in [1.29, 1.82) is 0 Å². The third-order valence-corrected chi connectivity index (χ3v) is 4.38. The maximum atomic E-state index is 11.8. The number of halogens is 3. The minimum atomic E-state index is -3.66. The van der Waals surface area contributed by atoms with Crippen molar-refractivity contribution >= 4 is 26.0 Å². The van der Waals surface area contributed by atoms with Gasteiger partial charge in [0.05, 0.1) is 11.5 Å². The highest BCUT2D eigenvalue weighted by molar-refractivity contribution is 9.10. The van der Waals surface area contributed by atoms with Crippen molar-refractivity contribution in [1.82, 2.24) is 4.72 Å². The summed E-state index contributed by atoms with van der Waals surface area (Å²) >= 11 is 3.12. The average Bonchev–Trinajstić information content (AvgIpc) is 2.28. The first kappa shape index (κ1) is 15.5. The molecule has 0 aliphatic heterocycles. The van der Waals surface area contributed by atoms with Crippen molar-refractivity contribution in [2.24, 2.45) is 0 Å². The van der Waals surface area contributed by atoms with Gasteiger partial charge in [0.1, 0.15) is 6.61 Å². The molecule has 1 rings (SSSR count). The molecule has 0 aliphatic rings. The molecular weight excluding hydrogens is 332 g/mol. The zero-order valence-corrected chi connectivity index (χ0v) is 11.7. The highest BCUT2D eigenvalue weighted by atomic mass is 79.9. The summed E-state index contributed by atoms with van der Waals surface area (Å²) < 4.78 is 54.4. The van der Waals surface area contributed by atoms with Gasteiger partial charge in [0.15, 0.2) is 0 Å². The summed E-state index contributed by atoms with van der Waals surface area (Å²) in [5.41, 5.74) is 0. The highest BCUT2D eigenvalue weighted by Crippen LogP contribution is 2.20. The van der Waals surface area contributed by atoms with Crippen molar-refractivity contribution in [3.63, 3.8) is 0 Å². The summed E-state index contributed by atoms with van der Waals surface area (Å²) in [6, 6.07) is 6.32. The first-order valence-electron chi connectivity index (χ1n) is 5.03. The van der Waals surface area contributed by atoms with Crippen LogP contribution < -0.4 is 4.72 Å². The molecule has 0 aliphatic carbocycles. The monoisotopic (exact) mass is 343 g/mol. The number of benzene rings is 1. The van der Waals surface area contributed by atoms with Crippen LogP contribution in [0.1, 0.15) is 0 Å². The van der Waals surface area contributed by atoms with Crippen LogP contribution in [0.5, 0.6) is 0 Å². The van der Waals surface area contributed by atoms with Gasteiger partial charge in [-0.15, -0.1) is 0 Å². The Morgan fingerprint density at radius 2 is 2.00 bits per heavy atom. The molecule has 0 unspecified atom stereocenters. The van der Waals surface area contributed by atoms with E-state index in [0.717, 1.165) is 0 Å². The molecule has 0 radical (unpaired) electrons. The standard InChI is InChI=1S/C10H12BrF2NO3S/c11-8-3-1-2-4-9(8)18(15,16)14-5-6-17-7-10(12)13/h1-4,10,14H,5-7H2. The van der Waals surface area contributed by atoms with Crippen molar-refractivity contribution in [3.05, 3.63) is 28.7 Å². The molecule has 0 bridgehead atoms. The van der Waals surface area contributed by atoms with Gasteiger partial charge in [-0.1, -0.05) is 12.1 Å². The van der Waals surface area contributed by atoms with Gasteiger partial charge in [-0.3, -0.25) is 0 Å². The molecule has 8 heteroatoms. The van der Waals surface area contributed by atoms with Crippen molar-refractivity contribution < 1.29 is 21.9 Å². The number of ether oxygens (including phenoxy) is 1. The Kier molecular flexibility index (Phi) is 6.13. The molecule has 0 amide bonds. The number of nitrogens with one attached hydrogen (secondary N) is 1. The molecule has 0 fully saturated rings. The van der Waals surface area contributed by atoms with E-state index in [1.165, 1.54) is 6.07 Å². The second-order valence-corrected chi connectivity index (χ2v) is 5.88. The van der Waals surface area contributed by atoms with E-state index in [1.807, 2.05) is 0 Å². The van der Waals surface area contributed by atoms with Gasteiger partial charge in [0.2, 0.25) is 10.0 Å². The molecule has 18 heavy (non-hydrogen) atoms. The minimum Gasteiger partial charge on any atom is -0.374 e. The summed E-state index contributed by atoms with van der Waals surface area (Å²) in [4.78, 5) is 0.0962. The lowest BCUT2D eigenvalue weighted by Gasteiger charge is -2.08. The first-order valence-corrected chi connectivity index (χ1v) is 7.31. The fourth-order valence-electron chi connectivity index (χ4n) is 1.16. The second kappa shape index (κ2) is 7.13. The summed E-state index contributed by atoms with van der Waals surface area (Å²) in [5.74, 6) is 0. The minimum absolute atomic E-state index is 0.0591. The van der Waals surface area contributed by atoms with Crippen LogP contribution in [0.25, 0.3) is 0 Å². The molecular formula is C10H12BrF2NO3S. The first-order chi connectivity index (χ1) is 8.43. The third kappa shape index (κ3) is 4.97. The molecule has 0 spiro atoms. The van der Waals surface area contributed by atoms with Gasteiger partial charge in [-0.2, -0.15) is 0 Å². The molecule has 102 valence electrons. The Morgan fingerprint density at radius 3 is 2.61 bits per heavy atom. The lowest BCUT2D eigenvalue weighted by Crippen LogP contribution is -2.28. The second-order valence-electron chi connectivity index (χ2n) is 3.29. The maximum absolute atomic E-state index is 11.8. The van der Waals surface area contributed by atoms with Gasteiger partial charge in [0.25, 0.3) is 6.43 Å². The Bertz CT molecular complexity index is 482. The number of hydrogen-bond acceptors (Lipinski definition) is 3. The highest BCUT2D eigenvalue weighted by Gasteiger charge is 2.16. The van der Waals surface area contributed by atoms with Crippen molar-refractivity contribution in [2.75, 3.05) is 19.8 Å². The fourth-order valence-corrected chi connectivity index (χ4v) is 3.18. The lowest BCUT2D eigenvalue weighted by molar-refractivity contribution is 0.0199. The van der Waals surface area contributed by atoms with E-state index in [2.05, 4.69) is 25.4 Å². The SMILES string of the molecule is O=S(=O)(NCCOCC(F)F)c1ccccc1Br. The van der Waals surface area contributed by atoms with Crippen LogP contribution in [0.15, 0.2) is 33.6 Å². The normalized spacial score (nSPS) is 12.0. The summed E-state index contributed by atoms with van der Waals surface area (Å²) in [7, 11) is -3.66. The van der Waals surface area contributed by atoms with Crippen LogP contribution in [0.2, 0.25) is 0 Å². The summed E-state index contributed by atoms with van der Waals surface area (Å²) in [6.45, 7) is -0.860. The molecule has 0 heterocycles.